The van der Waals surface area contributed by atoms with Crippen molar-refractivity contribution in [1.29, 1.82) is 0 Å². The first-order valence-corrected chi connectivity index (χ1v) is 8.21. The molecule has 7 heteroatoms. The number of pyridine rings is 1. The molecular formula is C16H25N5O2. The van der Waals surface area contributed by atoms with E-state index in [0.29, 0.717) is 32.8 Å². The molecule has 3 heterocycles. The third-order valence-electron chi connectivity index (χ3n) is 4.38. The monoisotopic (exact) mass is 319 g/mol. The van der Waals surface area contributed by atoms with Crippen LogP contribution in [0.1, 0.15) is 5.56 Å². The van der Waals surface area contributed by atoms with Gasteiger partial charge in [-0.15, -0.1) is 0 Å². The van der Waals surface area contributed by atoms with Gasteiger partial charge in [-0.1, -0.05) is 0 Å². The van der Waals surface area contributed by atoms with E-state index in [2.05, 4.69) is 33.2 Å². The maximum atomic E-state index is 12.1. The highest BCUT2D eigenvalue weighted by Gasteiger charge is 2.17. The summed E-state index contributed by atoms with van der Waals surface area (Å²) in [5.41, 5.74) is 1.08. The molecule has 0 atom stereocenters. The van der Waals surface area contributed by atoms with Crippen molar-refractivity contribution in [1.82, 2.24) is 20.1 Å². The molecule has 0 spiro atoms. The van der Waals surface area contributed by atoms with Crippen LogP contribution in [-0.2, 0) is 11.3 Å². The SMILES string of the molecule is CN1CCN(c2cc(CNC(=O)N3CCOCC3)ccn2)CC1. The van der Waals surface area contributed by atoms with Gasteiger partial charge in [0.2, 0.25) is 0 Å². The van der Waals surface area contributed by atoms with Crippen LogP contribution in [0.15, 0.2) is 18.3 Å². The van der Waals surface area contributed by atoms with Gasteiger partial charge in [0, 0.05) is 52.0 Å². The number of likely N-dealkylation sites (N-methyl/N-ethyl adjacent to an activating group) is 1. The predicted octanol–water partition coefficient (Wildman–Crippen LogP) is 0.375. The minimum atomic E-state index is -0.0220. The Bertz CT molecular complexity index is 525. The Balaban J connectivity index is 1.54. The van der Waals surface area contributed by atoms with Crippen LogP contribution in [0.25, 0.3) is 0 Å². The molecule has 0 aliphatic carbocycles. The van der Waals surface area contributed by atoms with E-state index in [-0.39, 0.29) is 6.03 Å². The lowest BCUT2D eigenvalue weighted by molar-refractivity contribution is 0.0531. The average Bonchev–Trinajstić information content (AvgIpc) is 2.61. The summed E-state index contributed by atoms with van der Waals surface area (Å²) >= 11 is 0. The van der Waals surface area contributed by atoms with E-state index >= 15 is 0 Å². The molecule has 2 amide bonds. The van der Waals surface area contributed by atoms with Crippen molar-refractivity contribution < 1.29 is 9.53 Å². The number of nitrogens with one attached hydrogen (secondary N) is 1. The van der Waals surface area contributed by atoms with Gasteiger partial charge in [0.15, 0.2) is 0 Å². The largest absolute Gasteiger partial charge is 0.378 e. The van der Waals surface area contributed by atoms with Gasteiger partial charge in [0.1, 0.15) is 5.82 Å². The molecule has 1 N–H and O–H groups in total. The molecule has 3 rings (SSSR count). The quantitative estimate of drug-likeness (QED) is 0.872. The Morgan fingerprint density at radius 1 is 1.22 bits per heavy atom. The zero-order valence-corrected chi connectivity index (χ0v) is 13.7. The molecule has 2 aliphatic rings. The van der Waals surface area contributed by atoms with Gasteiger partial charge in [-0.3, -0.25) is 0 Å². The van der Waals surface area contributed by atoms with Gasteiger partial charge >= 0.3 is 6.03 Å². The van der Waals surface area contributed by atoms with Crippen LogP contribution >= 0.6 is 0 Å². The Morgan fingerprint density at radius 2 is 1.96 bits per heavy atom. The second-order valence-corrected chi connectivity index (χ2v) is 6.07. The van der Waals surface area contributed by atoms with Gasteiger partial charge in [-0.05, 0) is 24.7 Å². The first kappa shape index (κ1) is 16.0. The number of hydrogen-bond acceptors (Lipinski definition) is 5. The Hall–Kier alpha value is -1.86. The van der Waals surface area contributed by atoms with Gasteiger partial charge < -0.3 is 24.8 Å². The third kappa shape index (κ3) is 4.33. The van der Waals surface area contributed by atoms with Crippen molar-refractivity contribution in [2.24, 2.45) is 0 Å². The fourth-order valence-corrected chi connectivity index (χ4v) is 2.83. The van der Waals surface area contributed by atoms with Gasteiger partial charge in [0.25, 0.3) is 0 Å². The van der Waals surface area contributed by atoms with Crippen LogP contribution in [0, 0.1) is 0 Å². The molecule has 0 bridgehead atoms. The molecule has 1 aromatic rings. The van der Waals surface area contributed by atoms with Crippen LogP contribution in [0.4, 0.5) is 10.6 Å². The minimum Gasteiger partial charge on any atom is -0.378 e. The molecule has 0 saturated carbocycles. The number of anilines is 1. The predicted molar refractivity (Wildman–Crippen MR) is 88.6 cm³/mol. The molecule has 0 aromatic carbocycles. The number of piperazine rings is 1. The molecule has 0 radical (unpaired) electrons. The topological polar surface area (TPSA) is 60.9 Å². The first-order chi connectivity index (χ1) is 11.2. The van der Waals surface area contributed by atoms with Crippen LogP contribution in [0.3, 0.4) is 0 Å². The summed E-state index contributed by atoms with van der Waals surface area (Å²) in [6.07, 6.45) is 1.82. The van der Waals surface area contributed by atoms with Crippen molar-refractivity contribution in [3.05, 3.63) is 23.9 Å². The van der Waals surface area contributed by atoms with E-state index in [4.69, 9.17) is 4.74 Å². The second kappa shape index (κ2) is 7.61. The maximum absolute atomic E-state index is 12.1. The number of aromatic nitrogens is 1. The highest BCUT2D eigenvalue weighted by molar-refractivity contribution is 5.74. The van der Waals surface area contributed by atoms with Gasteiger partial charge in [-0.2, -0.15) is 0 Å². The summed E-state index contributed by atoms with van der Waals surface area (Å²) in [7, 11) is 2.14. The fraction of sp³-hybridized carbons (Fsp3) is 0.625. The van der Waals surface area contributed by atoms with Crippen molar-refractivity contribution >= 4 is 11.8 Å². The Morgan fingerprint density at radius 3 is 2.70 bits per heavy atom. The lowest BCUT2D eigenvalue weighted by Crippen LogP contribution is -2.46. The van der Waals surface area contributed by atoms with E-state index < -0.39 is 0 Å². The smallest absolute Gasteiger partial charge is 0.317 e. The molecule has 2 saturated heterocycles. The summed E-state index contributed by atoms with van der Waals surface area (Å²) in [6, 6.07) is 4.01. The number of rotatable bonds is 3. The molecule has 1 aromatic heterocycles. The molecule has 7 nitrogen and oxygen atoms in total. The summed E-state index contributed by atoms with van der Waals surface area (Å²) in [6.45, 7) is 7.19. The van der Waals surface area contributed by atoms with Crippen LogP contribution < -0.4 is 10.2 Å². The maximum Gasteiger partial charge on any atom is 0.317 e. The summed E-state index contributed by atoms with van der Waals surface area (Å²) in [5, 5.41) is 2.98. The van der Waals surface area contributed by atoms with Crippen molar-refractivity contribution in [2.45, 2.75) is 6.54 Å². The van der Waals surface area contributed by atoms with E-state index in [0.717, 1.165) is 37.6 Å². The van der Waals surface area contributed by atoms with Gasteiger partial charge in [-0.25, -0.2) is 9.78 Å². The zero-order valence-electron chi connectivity index (χ0n) is 13.7. The average molecular weight is 319 g/mol. The van der Waals surface area contributed by atoms with Crippen molar-refractivity contribution in [3.8, 4) is 0 Å². The number of carbonyl (C=O) groups excluding carboxylic acids is 1. The van der Waals surface area contributed by atoms with E-state index in [1.807, 2.05) is 12.3 Å². The Labute approximate surface area is 137 Å². The molecule has 23 heavy (non-hydrogen) atoms. The van der Waals surface area contributed by atoms with Crippen LogP contribution in [0.5, 0.6) is 0 Å². The molecular weight excluding hydrogens is 294 g/mol. The molecule has 0 unspecified atom stereocenters. The minimum absolute atomic E-state index is 0.0220. The molecule has 2 aliphatic heterocycles. The number of nitrogens with zero attached hydrogens (tertiary/aromatic N) is 4. The number of ether oxygens (including phenoxy) is 1. The lowest BCUT2D eigenvalue weighted by Gasteiger charge is -2.33. The van der Waals surface area contributed by atoms with E-state index in [9.17, 15) is 4.79 Å². The third-order valence-corrected chi connectivity index (χ3v) is 4.38. The number of urea groups is 1. The highest BCUT2D eigenvalue weighted by Crippen LogP contribution is 2.14. The molecule has 2 fully saturated rings. The number of carbonyl (C=O) groups is 1. The van der Waals surface area contributed by atoms with Crippen LogP contribution in [0.2, 0.25) is 0 Å². The summed E-state index contributed by atoms with van der Waals surface area (Å²) in [5.74, 6) is 0.997. The second-order valence-electron chi connectivity index (χ2n) is 6.07. The normalized spacial score (nSPS) is 19.7. The fourth-order valence-electron chi connectivity index (χ4n) is 2.83. The number of hydrogen-bond donors (Lipinski definition) is 1. The first-order valence-electron chi connectivity index (χ1n) is 8.21. The summed E-state index contributed by atoms with van der Waals surface area (Å²) in [4.78, 5) is 23.0. The van der Waals surface area contributed by atoms with E-state index in [1.165, 1.54) is 0 Å². The van der Waals surface area contributed by atoms with E-state index in [1.54, 1.807) is 4.90 Å². The number of morpholine rings is 1. The summed E-state index contributed by atoms with van der Waals surface area (Å²) < 4.78 is 5.26. The standard InChI is InChI=1S/C16H25N5O2/c1-19-4-6-20(7-5-19)15-12-14(2-3-17-15)13-18-16(22)21-8-10-23-11-9-21/h2-3,12H,4-11,13H2,1H3,(H,18,22). The Kier molecular flexibility index (Phi) is 5.30. The van der Waals surface area contributed by atoms with Crippen LogP contribution in [-0.4, -0.2) is 80.3 Å². The zero-order chi connectivity index (χ0) is 16.1. The highest BCUT2D eigenvalue weighted by atomic mass is 16.5. The van der Waals surface area contributed by atoms with Gasteiger partial charge in [0.05, 0.1) is 13.2 Å². The lowest BCUT2D eigenvalue weighted by atomic mass is 10.2. The van der Waals surface area contributed by atoms with Crippen molar-refractivity contribution in [2.75, 3.05) is 64.4 Å². The van der Waals surface area contributed by atoms with Crippen molar-refractivity contribution in [3.63, 3.8) is 0 Å². The molecule has 126 valence electrons. The number of amides is 2.